The van der Waals surface area contributed by atoms with Crippen molar-refractivity contribution in [2.75, 3.05) is 0 Å². The van der Waals surface area contributed by atoms with Gasteiger partial charge in [0.15, 0.2) is 0 Å². The van der Waals surface area contributed by atoms with Crippen LogP contribution < -0.4 is 5.32 Å². The van der Waals surface area contributed by atoms with Gasteiger partial charge in [-0.1, -0.05) is 42.5 Å². The number of aromatic nitrogens is 2. The monoisotopic (exact) mass is 467 g/mol. The Morgan fingerprint density at radius 2 is 1.64 bits per heavy atom. The number of nitrogens with zero attached hydrogens (tertiary/aromatic N) is 2. The Labute approximate surface area is 196 Å². The second-order valence-corrected chi connectivity index (χ2v) is 9.87. The summed E-state index contributed by atoms with van der Waals surface area (Å²) < 4.78 is 19.4. The third-order valence-electron chi connectivity index (χ3n) is 5.15. The highest BCUT2D eigenvalue weighted by molar-refractivity contribution is 7.86. The number of carbonyl (C=O) groups is 2. The number of hydrogen-bond donors (Lipinski definition) is 1. The zero-order chi connectivity index (χ0) is 24.1. The molecule has 0 radical (unpaired) electrons. The Morgan fingerprint density at radius 1 is 1.00 bits per heavy atom. The van der Waals surface area contributed by atoms with E-state index in [1.165, 1.54) is 0 Å². The topological polar surface area (TPSA) is 90.3 Å². The Balaban J connectivity index is 1.67. The van der Waals surface area contributed by atoms with Crippen LogP contribution in [0.2, 0.25) is 0 Å². The van der Waals surface area contributed by atoms with Crippen molar-refractivity contribution in [3.05, 3.63) is 71.9 Å². The van der Waals surface area contributed by atoms with E-state index in [-0.39, 0.29) is 18.1 Å². The lowest BCUT2D eigenvalue weighted by molar-refractivity contribution is -0.146. The van der Waals surface area contributed by atoms with Gasteiger partial charge in [0.05, 0.1) is 28.6 Å². The Hall–Kier alpha value is -3.26. The first-order chi connectivity index (χ1) is 15.7. The molecule has 2 aromatic carbocycles. The summed E-state index contributed by atoms with van der Waals surface area (Å²) in [6.07, 6.45) is -0.257. The lowest BCUT2D eigenvalue weighted by Crippen LogP contribution is -2.28. The molecule has 0 aliphatic rings. The molecule has 0 bridgehead atoms. The van der Waals surface area contributed by atoms with Crippen molar-refractivity contribution < 1.29 is 18.5 Å². The minimum Gasteiger partial charge on any atom is -0.462 e. The second kappa shape index (κ2) is 10.6. The first-order valence-corrected chi connectivity index (χ1v) is 12.0. The Bertz CT molecular complexity index is 1140. The highest BCUT2D eigenvalue weighted by atomic mass is 32.2. The summed E-state index contributed by atoms with van der Waals surface area (Å²) in [5.74, 6) is -0.725. The van der Waals surface area contributed by atoms with Crippen LogP contribution in [0.4, 0.5) is 0 Å². The summed E-state index contributed by atoms with van der Waals surface area (Å²) in [7, 11) is 0.209. The second-order valence-electron chi connectivity index (χ2n) is 8.09. The molecule has 0 spiro atoms. The van der Waals surface area contributed by atoms with Gasteiger partial charge in [0, 0.05) is 17.5 Å². The fraction of sp³-hybridized carbons (Fsp3) is 0.320. The molecule has 1 N–H and O–H groups in total. The third kappa shape index (κ3) is 5.96. The van der Waals surface area contributed by atoms with Crippen molar-refractivity contribution >= 4 is 22.7 Å². The summed E-state index contributed by atoms with van der Waals surface area (Å²) in [4.78, 5) is 25.4. The molecule has 0 aliphatic heterocycles. The van der Waals surface area contributed by atoms with E-state index in [0.29, 0.717) is 10.6 Å². The van der Waals surface area contributed by atoms with Crippen molar-refractivity contribution in [1.82, 2.24) is 15.1 Å². The van der Waals surface area contributed by atoms with Crippen molar-refractivity contribution in [3.8, 4) is 11.3 Å². The lowest BCUT2D eigenvalue weighted by Gasteiger charge is -2.16. The quantitative estimate of drug-likeness (QED) is 0.505. The number of aryl methyl sites for hydroxylation is 1. The van der Waals surface area contributed by atoms with Crippen molar-refractivity contribution in [3.63, 3.8) is 0 Å². The number of benzene rings is 2. The van der Waals surface area contributed by atoms with Crippen LogP contribution in [0.1, 0.15) is 49.8 Å². The van der Waals surface area contributed by atoms with Gasteiger partial charge in [0.25, 0.3) is 5.91 Å². The Kier molecular flexibility index (Phi) is 7.81. The normalized spacial score (nSPS) is 13.9. The number of carbonyl (C=O) groups excluding carboxylic acids is 2. The highest BCUT2D eigenvalue weighted by Crippen LogP contribution is 2.21. The van der Waals surface area contributed by atoms with Crippen LogP contribution in [-0.2, 0) is 27.4 Å². The van der Waals surface area contributed by atoms with Gasteiger partial charge in [0.1, 0.15) is 10.9 Å². The molecule has 3 atom stereocenters. The predicted molar refractivity (Wildman–Crippen MR) is 128 cm³/mol. The van der Waals surface area contributed by atoms with Crippen LogP contribution in [0.15, 0.2) is 65.6 Å². The lowest BCUT2D eigenvalue weighted by atomic mass is 10.1. The van der Waals surface area contributed by atoms with Crippen molar-refractivity contribution in [2.24, 2.45) is 7.05 Å². The molecule has 0 saturated carbocycles. The molecule has 3 aromatic rings. The summed E-state index contributed by atoms with van der Waals surface area (Å²) in [6, 6.07) is 18.2. The van der Waals surface area contributed by atoms with Crippen LogP contribution in [0, 0.1) is 0 Å². The van der Waals surface area contributed by atoms with E-state index < -0.39 is 22.0 Å². The van der Waals surface area contributed by atoms with Gasteiger partial charge in [0.2, 0.25) is 0 Å². The van der Waals surface area contributed by atoms with E-state index in [1.54, 1.807) is 62.8 Å². The molecule has 7 nitrogen and oxygen atoms in total. The van der Waals surface area contributed by atoms with Gasteiger partial charge >= 0.3 is 5.97 Å². The van der Waals surface area contributed by atoms with Gasteiger partial charge in [-0.25, -0.2) is 0 Å². The smallest absolute Gasteiger partial charge is 0.322 e. The molecule has 3 rings (SSSR count). The highest BCUT2D eigenvalue weighted by Gasteiger charge is 2.24. The van der Waals surface area contributed by atoms with Gasteiger partial charge < -0.3 is 10.1 Å². The average Bonchev–Trinajstić information content (AvgIpc) is 3.20. The standard InChI is InChI=1S/C25H29N3O4S/c1-16(2)32-25(30)18(4)33(31)21-13-11-19(12-14-21)17(3)26-24(29)23-15-22(27-28(23)5)20-9-7-6-8-10-20/h6-18H,1-5H3,(H,26,29)/t17-,18?,33?/m1/s1. The minimum absolute atomic E-state index is 0.239. The van der Waals surface area contributed by atoms with Crippen molar-refractivity contribution in [1.29, 1.82) is 0 Å². The van der Waals surface area contributed by atoms with Crippen LogP contribution in [0.3, 0.4) is 0 Å². The van der Waals surface area contributed by atoms with Crippen molar-refractivity contribution in [2.45, 2.75) is 50.0 Å². The van der Waals surface area contributed by atoms with Crippen LogP contribution in [0.5, 0.6) is 0 Å². The number of esters is 1. The van der Waals surface area contributed by atoms with E-state index >= 15 is 0 Å². The SMILES string of the molecule is CC(C)OC(=O)C(C)S(=O)c1ccc([C@@H](C)NC(=O)c2cc(-c3ccccc3)nn2C)cc1. The molecule has 0 saturated heterocycles. The third-order valence-corrected chi connectivity index (χ3v) is 6.72. The maximum absolute atomic E-state index is 12.8. The maximum Gasteiger partial charge on any atom is 0.322 e. The summed E-state index contributed by atoms with van der Waals surface area (Å²) in [5.41, 5.74) is 2.98. The maximum atomic E-state index is 12.8. The zero-order valence-electron chi connectivity index (χ0n) is 19.4. The van der Waals surface area contributed by atoms with E-state index in [4.69, 9.17) is 4.74 Å². The van der Waals surface area contributed by atoms with E-state index in [9.17, 15) is 13.8 Å². The van der Waals surface area contributed by atoms with E-state index in [0.717, 1.165) is 16.8 Å². The van der Waals surface area contributed by atoms with E-state index in [1.807, 2.05) is 37.3 Å². The molecule has 33 heavy (non-hydrogen) atoms. The number of nitrogens with one attached hydrogen (secondary N) is 1. The molecular weight excluding hydrogens is 438 g/mol. The fourth-order valence-corrected chi connectivity index (χ4v) is 4.34. The van der Waals surface area contributed by atoms with E-state index in [2.05, 4.69) is 10.4 Å². The van der Waals surface area contributed by atoms with Crippen LogP contribution in [-0.4, -0.2) is 37.2 Å². The molecular formula is C25H29N3O4S. The zero-order valence-corrected chi connectivity index (χ0v) is 20.3. The predicted octanol–water partition coefficient (Wildman–Crippen LogP) is 4.03. The molecule has 8 heteroatoms. The first-order valence-electron chi connectivity index (χ1n) is 10.8. The largest absolute Gasteiger partial charge is 0.462 e. The van der Waals surface area contributed by atoms with Crippen LogP contribution in [0.25, 0.3) is 11.3 Å². The van der Waals surface area contributed by atoms with Crippen LogP contribution >= 0.6 is 0 Å². The Morgan fingerprint density at radius 3 is 2.24 bits per heavy atom. The molecule has 0 fully saturated rings. The minimum atomic E-state index is -1.53. The van der Waals surface area contributed by atoms with Gasteiger partial charge in [-0.3, -0.25) is 18.5 Å². The molecule has 2 unspecified atom stereocenters. The number of ether oxygens (including phenoxy) is 1. The number of amides is 1. The van der Waals surface area contributed by atoms with Gasteiger partial charge in [-0.05, 0) is 51.5 Å². The summed E-state index contributed by atoms with van der Waals surface area (Å²) >= 11 is 0. The first kappa shape index (κ1) is 24.4. The molecule has 174 valence electrons. The molecule has 1 heterocycles. The molecule has 0 aliphatic carbocycles. The fourth-order valence-electron chi connectivity index (χ4n) is 3.29. The van der Waals surface area contributed by atoms with Gasteiger partial charge in [-0.15, -0.1) is 0 Å². The molecule has 1 amide bonds. The summed E-state index contributed by atoms with van der Waals surface area (Å²) in [5, 5.41) is 6.66. The van der Waals surface area contributed by atoms with Gasteiger partial charge in [-0.2, -0.15) is 5.10 Å². The summed E-state index contributed by atoms with van der Waals surface area (Å²) in [6.45, 7) is 6.98. The number of hydrogen-bond acceptors (Lipinski definition) is 5. The average molecular weight is 468 g/mol. The number of rotatable bonds is 8. The molecule has 1 aromatic heterocycles.